The Morgan fingerprint density at radius 1 is 0.900 bits per heavy atom. The summed E-state index contributed by atoms with van der Waals surface area (Å²) in [5, 5.41) is 0. The van der Waals surface area contributed by atoms with E-state index in [1.807, 2.05) is 54.6 Å². The first kappa shape index (κ1) is 20.0. The molecule has 5 heteroatoms. The van der Waals surface area contributed by atoms with Crippen molar-refractivity contribution in [3.63, 3.8) is 0 Å². The lowest BCUT2D eigenvalue weighted by atomic mass is 9.72. The van der Waals surface area contributed by atoms with Gasteiger partial charge in [0.1, 0.15) is 5.41 Å². The highest BCUT2D eigenvalue weighted by Crippen LogP contribution is 2.49. The van der Waals surface area contributed by atoms with Crippen LogP contribution in [0, 0.1) is 0 Å². The van der Waals surface area contributed by atoms with Gasteiger partial charge in [-0.15, -0.1) is 6.58 Å². The van der Waals surface area contributed by atoms with Gasteiger partial charge in [-0.2, -0.15) is 13.2 Å². The molecule has 1 atom stereocenters. The average Bonchev–Trinajstić information content (AvgIpc) is 2.98. The van der Waals surface area contributed by atoms with E-state index in [0.717, 1.165) is 28.9 Å². The lowest BCUT2D eigenvalue weighted by molar-refractivity contribution is -0.137. The summed E-state index contributed by atoms with van der Waals surface area (Å²) in [6, 6.07) is 22.0. The van der Waals surface area contributed by atoms with Crippen LogP contribution in [-0.4, -0.2) is 5.91 Å². The Bertz CT molecular complexity index is 1070. The van der Waals surface area contributed by atoms with Gasteiger partial charge in [0, 0.05) is 5.69 Å². The summed E-state index contributed by atoms with van der Waals surface area (Å²) in [5.41, 5.74) is 1.22. The van der Waals surface area contributed by atoms with E-state index < -0.39 is 17.2 Å². The number of fused-ring (bicyclic) bond motifs is 1. The van der Waals surface area contributed by atoms with E-state index in [-0.39, 0.29) is 5.91 Å². The van der Waals surface area contributed by atoms with Gasteiger partial charge in [0.15, 0.2) is 0 Å². The van der Waals surface area contributed by atoms with Crippen LogP contribution in [0.25, 0.3) is 0 Å². The Balaban J connectivity index is 1.85. The minimum absolute atomic E-state index is 0.160. The zero-order valence-electron chi connectivity index (χ0n) is 16.2. The second-order valence-electron chi connectivity index (χ2n) is 7.37. The Morgan fingerprint density at radius 3 is 2.17 bits per heavy atom. The number of allylic oxidation sites excluding steroid dienone is 1. The number of benzene rings is 3. The fourth-order valence-corrected chi connectivity index (χ4v) is 4.20. The zero-order valence-corrected chi connectivity index (χ0v) is 16.2. The lowest BCUT2D eigenvalue weighted by Gasteiger charge is -2.29. The first-order valence-electron chi connectivity index (χ1n) is 9.62. The number of hydrogen-bond donors (Lipinski definition) is 0. The van der Waals surface area contributed by atoms with Crippen LogP contribution in [0.5, 0.6) is 0 Å². The van der Waals surface area contributed by atoms with Crippen LogP contribution in [-0.2, 0) is 22.9 Å². The fourth-order valence-electron chi connectivity index (χ4n) is 4.20. The predicted octanol–water partition coefficient (Wildman–Crippen LogP) is 6.11. The van der Waals surface area contributed by atoms with Gasteiger partial charge in [-0.05, 0) is 41.3 Å². The van der Waals surface area contributed by atoms with E-state index in [1.165, 1.54) is 12.1 Å². The molecule has 0 fully saturated rings. The molecule has 3 aromatic rings. The molecular weight excluding hydrogens is 387 g/mol. The maximum Gasteiger partial charge on any atom is 0.416 e. The molecule has 0 spiro atoms. The quantitative estimate of drug-likeness (QED) is 0.467. The van der Waals surface area contributed by atoms with Gasteiger partial charge in [-0.3, -0.25) is 4.79 Å². The third kappa shape index (κ3) is 3.20. The number of halogens is 3. The van der Waals surface area contributed by atoms with Gasteiger partial charge < -0.3 is 4.90 Å². The molecule has 0 radical (unpaired) electrons. The third-order valence-corrected chi connectivity index (χ3v) is 5.60. The summed E-state index contributed by atoms with van der Waals surface area (Å²) in [6.45, 7) is 4.20. The Kier molecular flexibility index (Phi) is 4.98. The van der Waals surface area contributed by atoms with Crippen molar-refractivity contribution in [1.82, 2.24) is 0 Å². The third-order valence-electron chi connectivity index (χ3n) is 5.60. The summed E-state index contributed by atoms with van der Waals surface area (Å²) in [6.07, 6.45) is -2.49. The highest BCUT2D eigenvalue weighted by molar-refractivity contribution is 6.10. The molecular formula is C25H20F3NO. The van der Waals surface area contributed by atoms with Crippen molar-refractivity contribution < 1.29 is 18.0 Å². The first-order valence-corrected chi connectivity index (χ1v) is 9.62. The SMILES string of the molecule is C=CC[C@@]1(c2ccc(C(F)(F)F)cc2)C(=O)N(Cc2ccccc2)c2ccccc21. The molecule has 0 saturated carbocycles. The Labute approximate surface area is 173 Å². The maximum atomic E-state index is 13.8. The van der Waals surface area contributed by atoms with E-state index in [2.05, 4.69) is 6.58 Å². The van der Waals surface area contributed by atoms with Crippen molar-refractivity contribution in [1.29, 1.82) is 0 Å². The molecule has 1 aliphatic heterocycles. The van der Waals surface area contributed by atoms with Gasteiger partial charge in [-0.1, -0.05) is 66.7 Å². The predicted molar refractivity (Wildman–Crippen MR) is 111 cm³/mol. The maximum absolute atomic E-state index is 13.8. The van der Waals surface area contributed by atoms with Crippen LogP contribution in [0.4, 0.5) is 18.9 Å². The average molecular weight is 407 g/mol. The van der Waals surface area contributed by atoms with Crippen LogP contribution in [0.15, 0.2) is 91.5 Å². The number of hydrogen-bond acceptors (Lipinski definition) is 1. The first-order chi connectivity index (χ1) is 14.4. The number of amides is 1. The highest BCUT2D eigenvalue weighted by Gasteiger charge is 2.51. The summed E-state index contributed by atoms with van der Waals surface area (Å²) >= 11 is 0. The zero-order chi connectivity index (χ0) is 21.4. The summed E-state index contributed by atoms with van der Waals surface area (Å²) in [7, 11) is 0. The number of carbonyl (C=O) groups is 1. The molecule has 0 aliphatic carbocycles. The van der Waals surface area contributed by atoms with Gasteiger partial charge in [0.2, 0.25) is 5.91 Å². The number of para-hydroxylation sites is 1. The number of anilines is 1. The molecule has 0 N–H and O–H groups in total. The molecule has 152 valence electrons. The summed E-state index contributed by atoms with van der Waals surface area (Å²) in [4.78, 5) is 15.5. The molecule has 0 bridgehead atoms. The molecule has 0 saturated heterocycles. The Morgan fingerprint density at radius 2 is 1.53 bits per heavy atom. The van der Waals surface area contributed by atoms with Crippen LogP contribution in [0.1, 0.15) is 28.7 Å². The Hall–Kier alpha value is -3.34. The minimum atomic E-state index is -4.43. The van der Waals surface area contributed by atoms with E-state index >= 15 is 0 Å². The second-order valence-corrected chi connectivity index (χ2v) is 7.37. The fraction of sp³-hybridized carbons (Fsp3) is 0.160. The van der Waals surface area contributed by atoms with Gasteiger partial charge in [-0.25, -0.2) is 0 Å². The standard InChI is InChI=1S/C25H20F3NO/c1-2-16-24(19-12-14-20(15-13-19)25(26,27)28)21-10-6-7-11-22(21)29(23(24)30)17-18-8-4-3-5-9-18/h2-15H,1,16-17H2/t24-/m0/s1. The van der Waals surface area contributed by atoms with E-state index in [0.29, 0.717) is 18.5 Å². The highest BCUT2D eigenvalue weighted by atomic mass is 19.4. The van der Waals surface area contributed by atoms with Crippen LogP contribution >= 0.6 is 0 Å². The van der Waals surface area contributed by atoms with Gasteiger partial charge in [0.25, 0.3) is 0 Å². The van der Waals surface area contributed by atoms with Crippen molar-refractivity contribution in [2.45, 2.75) is 24.6 Å². The van der Waals surface area contributed by atoms with Crippen LogP contribution in [0.3, 0.4) is 0 Å². The topological polar surface area (TPSA) is 20.3 Å². The smallest absolute Gasteiger partial charge is 0.307 e. The molecule has 4 rings (SSSR count). The molecule has 0 aromatic heterocycles. The van der Waals surface area contributed by atoms with Crippen LogP contribution < -0.4 is 4.90 Å². The summed E-state index contributed by atoms with van der Waals surface area (Å²) < 4.78 is 39.2. The molecule has 30 heavy (non-hydrogen) atoms. The number of carbonyl (C=O) groups excluding carboxylic acids is 1. The molecule has 1 heterocycles. The normalized spacial score (nSPS) is 18.4. The van der Waals surface area contributed by atoms with E-state index in [9.17, 15) is 18.0 Å². The van der Waals surface area contributed by atoms with Gasteiger partial charge in [0.05, 0.1) is 12.1 Å². The van der Waals surface area contributed by atoms with Crippen molar-refractivity contribution >= 4 is 11.6 Å². The lowest BCUT2D eigenvalue weighted by Crippen LogP contribution is -2.40. The van der Waals surface area contributed by atoms with Crippen molar-refractivity contribution in [3.8, 4) is 0 Å². The number of alkyl halides is 3. The van der Waals surface area contributed by atoms with E-state index in [1.54, 1.807) is 11.0 Å². The molecule has 2 nitrogen and oxygen atoms in total. The molecule has 1 amide bonds. The van der Waals surface area contributed by atoms with Crippen molar-refractivity contribution in [3.05, 3.63) is 114 Å². The van der Waals surface area contributed by atoms with E-state index in [4.69, 9.17) is 0 Å². The monoisotopic (exact) mass is 407 g/mol. The summed E-state index contributed by atoms with van der Waals surface area (Å²) in [5.74, 6) is -0.160. The molecule has 0 unspecified atom stereocenters. The van der Waals surface area contributed by atoms with Crippen molar-refractivity contribution in [2.75, 3.05) is 4.90 Å². The van der Waals surface area contributed by atoms with Crippen molar-refractivity contribution in [2.24, 2.45) is 0 Å². The van der Waals surface area contributed by atoms with Gasteiger partial charge >= 0.3 is 6.18 Å². The minimum Gasteiger partial charge on any atom is -0.307 e. The molecule has 1 aliphatic rings. The number of rotatable bonds is 5. The van der Waals surface area contributed by atoms with Crippen LogP contribution in [0.2, 0.25) is 0 Å². The number of nitrogens with zero attached hydrogens (tertiary/aromatic N) is 1. The molecule has 3 aromatic carbocycles. The largest absolute Gasteiger partial charge is 0.416 e. The second kappa shape index (κ2) is 7.48.